The van der Waals surface area contributed by atoms with Crippen LogP contribution in [0, 0.1) is 31.6 Å². The van der Waals surface area contributed by atoms with Gasteiger partial charge in [-0.1, -0.05) is 140 Å². The van der Waals surface area contributed by atoms with Crippen molar-refractivity contribution in [2.24, 2.45) is 17.8 Å². The average Bonchev–Trinajstić information content (AvgIpc) is 4.02. The van der Waals surface area contributed by atoms with Crippen LogP contribution in [-0.4, -0.2) is 70.4 Å². The second-order valence-corrected chi connectivity index (χ2v) is 19.3. The molecule has 4 unspecified atom stereocenters. The molecule has 3 aliphatic rings. The smallest absolute Gasteiger partial charge is 0.871 e. The maximum absolute atomic E-state index is 14.3. The minimum absolute atomic E-state index is 0. The number of fused-ring (bicyclic) bond motifs is 8. The van der Waals surface area contributed by atoms with E-state index in [9.17, 15) is 19.8 Å². The second kappa shape index (κ2) is 23.5. The number of hydrogen-bond acceptors (Lipinski definition) is 8. The Morgan fingerprint density at radius 1 is 0.879 bits per heavy atom. The molecule has 350 valence electrons. The van der Waals surface area contributed by atoms with E-state index >= 15 is 0 Å². The molecular weight excluding hydrogens is 837 g/mol. The Morgan fingerprint density at radius 3 is 2.15 bits per heavy atom. The van der Waals surface area contributed by atoms with Crippen LogP contribution in [0.2, 0.25) is 0 Å². The van der Waals surface area contributed by atoms with Crippen molar-refractivity contribution >= 4 is 85.6 Å². The number of aliphatic hydroxyl groups excluding tert-OH is 1. The first kappa shape index (κ1) is 52.5. The number of allylic oxidation sites excluding steroid dienone is 2. The number of rotatable bonds is 21. The van der Waals surface area contributed by atoms with Crippen LogP contribution in [0.5, 0.6) is 0 Å². The van der Waals surface area contributed by atoms with Gasteiger partial charge >= 0.3 is 35.0 Å². The molecule has 3 aromatic rings. The van der Waals surface area contributed by atoms with E-state index in [1.807, 2.05) is 52.0 Å². The minimum atomic E-state index is -0.769. The van der Waals surface area contributed by atoms with Crippen molar-refractivity contribution < 1.29 is 29.3 Å². The molecule has 0 amide bonds. The zero-order valence-electron chi connectivity index (χ0n) is 41.4. The zero-order chi connectivity index (χ0) is 47.1. The number of carbonyl (C=O) groups is 2. The SMILES string of the molecule is C=Cc1c(C)c2cc3nc(c4c5[n-]c(cc6nc(cc1[n-]2)C(CO)=C6CC)c(C)c5C([O-])=C4C(=O)OC)C(CCC(=O)OC/C=C(\C)CCCC(C)CCCC(C)CCCC(C)C)C3C.[Mg+2]. The van der Waals surface area contributed by atoms with E-state index in [2.05, 4.69) is 41.2 Å². The number of ether oxygens (including phenoxy) is 2. The summed E-state index contributed by atoms with van der Waals surface area (Å²) in [4.78, 5) is 47.2. The fourth-order valence-corrected chi connectivity index (χ4v) is 9.95. The second-order valence-electron chi connectivity index (χ2n) is 19.3. The van der Waals surface area contributed by atoms with Crippen LogP contribution in [-0.2, 0) is 19.1 Å². The summed E-state index contributed by atoms with van der Waals surface area (Å²) in [6.07, 6.45) is 16.1. The van der Waals surface area contributed by atoms with Gasteiger partial charge in [-0.15, -0.1) is 22.1 Å². The van der Waals surface area contributed by atoms with Crippen molar-refractivity contribution in [3.05, 3.63) is 87.0 Å². The number of methoxy groups -OCH3 is 1. The summed E-state index contributed by atoms with van der Waals surface area (Å²) >= 11 is 0. The average molecular weight is 908 g/mol. The molecule has 2 aliphatic heterocycles. The van der Waals surface area contributed by atoms with Gasteiger partial charge in [-0.3, -0.25) is 9.78 Å². The number of carbonyl (C=O) groups excluding carboxylic acids is 2. The normalized spacial score (nSPS) is 16.8. The molecule has 8 bridgehead atoms. The fraction of sp³-hybridized carbons (Fsp3) is 0.527. The molecule has 66 heavy (non-hydrogen) atoms. The third-order valence-electron chi connectivity index (χ3n) is 14.0. The summed E-state index contributed by atoms with van der Waals surface area (Å²) in [5.74, 6) is 0.139. The molecule has 0 spiro atoms. The summed E-state index contributed by atoms with van der Waals surface area (Å²) in [7, 11) is 1.26. The molecule has 0 saturated carbocycles. The molecule has 1 aliphatic carbocycles. The predicted molar refractivity (Wildman–Crippen MR) is 267 cm³/mol. The Morgan fingerprint density at radius 2 is 1.52 bits per heavy atom. The monoisotopic (exact) mass is 908 g/mol. The summed E-state index contributed by atoms with van der Waals surface area (Å²) in [5.41, 5.74) is 10.3. The molecule has 0 fully saturated rings. The fourth-order valence-electron chi connectivity index (χ4n) is 9.95. The molecule has 3 aromatic heterocycles. The van der Waals surface area contributed by atoms with Crippen molar-refractivity contribution in [1.82, 2.24) is 19.9 Å². The van der Waals surface area contributed by atoms with E-state index in [1.165, 1.54) is 57.6 Å². The van der Waals surface area contributed by atoms with Crippen LogP contribution < -0.4 is 15.1 Å². The van der Waals surface area contributed by atoms with Crippen molar-refractivity contribution in [3.8, 4) is 0 Å². The molecule has 10 nitrogen and oxygen atoms in total. The van der Waals surface area contributed by atoms with Gasteiger partial charge in [0.2, 0.25) is 0 Å². The van der Waals surface area contributed by atoms with Crippen LogP contribution in [0.15, 0.2) is 36.4 Å². The first-order chi connectivity index (χ1) is 31.1. The van der Waals surface area contributed by atoms with Crippen molar-refractivity contribution in [2.45, 2.75) is 151 Å². The maximum atomic E-state index is 14.3. The Balaban J connectivity index is 0.00000817. The number of aliphatic hydroxyl groups is 1. The Kier molecular flexibility index (Phi) is 18.7. The Labute approximate surface area is 409 Å². The van der Waals surface area contributed by atoms with E-state index in [0.29, 0.717) is 85.9 Å². The van der Waals surface area contributed by atoms with E-state index in [-0.39, 0.29) is 66.1 Å². The molecule has 0 saturated heterocycles. The van der Waals surface area contributed by atoms with E-state index in [1.54, 1.807) is 6.08 Å². The number of aryl methyl sites for hydroxylation is 2. The van der Waals surface area contributed by atoms with Gasteiger partial charge in [-0.25, -0.2) is 9.78 Å². The van der Waals surface area contributed by atoms with Crippen LogP contribution in [0.4, 0.5) is 0 Å². The van der Waals surface area contributed by atoms with Crippen molar-refractivity contribution in [1.29, 1.82) is 0 Å². The van der Waals surface area contributed by atoms with Crippen molar-refractivity contribution in [2.75, 3.05) is 20.3 Å². The largest absolute Gasteiger partial charge is 2.00 e. The quantitative estimate of drug-likeness (QED) is 0.0621. The van der Waals surface area contributed by atoms with Gasteiger partial charge in [0.25, 0.3) is 0 Å². The molecule has 1 N–H and O–H groups in total. The van der Waals surface area contributed by atoms with Gasteiger partial charge in [-0.2, -0.15) is 0 Å². The van der Waals surface area contributed by atoms with Crippen LogP contribution in [0.25, 0.3) is 50.6 Å². The van der Waals surface area contributed by atoms with Gasteiger partial charge in [0.15, 0.2) is 0 Å². The number of esters is 2. The van der Waals surface area contributed by atoms with Gasteiger partial charge in [0, 0.05) is 29.5 Å². The van der Waals surface area contributed by atoms with Gasteiger partial charge in [-0.05, 0) is 92.5 Å². The van der Waals surface area contributed by atoms with Gasteiger partial charge in [0.05, 0.1) is 36.4 Å². The number of hydrogen-bond donors (Lipinski definition) is 1. The maximum Gasteiger partial charge on any atom is 2.00 e. The third-order valence-corrected chi connectivity index (χ3v) is 14.0. The van der Waals surface area contributed by atoms with Crippen LogP contribution >= 0.6 is 0 Å². The van der Waals surface area contributed by atoms with Crippen molar-refractivity contribution in [3.63, 3.8) is 0 Å². The summed E-state index contributed by atoms with van der Waals surface area (Å²) < 4.78 is 11.0. The predicted octanol–water partition coefficient (Wildman–Crippen LogP) is 11.1. The molecule has 0 radical (unpaired) electrons. The first-order valence-corrected chi connectivity index (χ1v) is 24.1. The van der Waals surface area contributed by atoms with Gasteiger partial charge < -0.3 is 29.7 Å². The topological polar surface area (TPSA) is 150 Å². The van der Waals surface area contributed by atoms with E-state index in [0.717, 1.165) is 41.4 Å². The molecule has 0 aromatic carbocycles. The standard InChI is InChI=1S/C55H73N4O6.Mg/c1-12-38-35(8)42-27-43-36(9)40(23-24-48(61)65-26-25-34(7)22-16-21-33(6)20-15-19-32(5)18-14-17-31(3)4)52(58-43)50-51(55(63)64-11)54(62)49-37(10)44(59-53(49)50)28-46-39(13-2)41(30-60)47(57-46)29-45(38)56-42;/h12,25,27-29,31-33,36,40,60H,1,13-24,26,30H2,2-11H3,(H2-,56,57,58,59,62,63);/q-1;+2/p-2/b34-25+;. The molecule has 5 heterocycles. The molecule has 11 heteroatoms. The number of aromatic nitrogens is 4. The Hall–Kier alpha value is -4.45. The summed E-state index contributed by atoms with van der Waals surface area (Å²) in [6, 6.07) is 5.66. The summed E-state index contributed by atoms with van der Waals surface area (Å²) in [5, 5.41) is 24.9. The van der Waals surface area contributed by atoms with E-state index in [4.69, 9.17) is 29.4 Å². The number of nitrogens with zero attached hydrogens (tertiary/aromatic N) is 4. The summed E-state index contributed by atoms with van der Waals surface area (Å²) in [6.45, 7) is 23.4. The minimum Gasteiger partial charge on any atom is -0.871 e. The van der Waals surface area contributed by atoms with Crippen LogP contribution in [0.3, 0.4) is 0 Å². The Bertz CT molecular complexity index is 2540. The first-order valence-electron chi connectivity index (χ1n) is 24.1. The zero-order valence-corrected chi connectivity index (χ0v) is 42.8. The molecule has 6 rings (SSSR count). The molecule has 4 atom stereocenters. The van der Waals surface area contributed by atoms with E-state index < -0.39 is 11.7 Å². The third kappa shape index (κ3) is 11.6. The van der Waals surface area contributed by atoms with Crippen LogP contribution in [0.1, 0.15) is 188 Å². The molecular formula is C55H71MgN4O6-. The van der Waals surface area contributed by atoms with Gasteiger partial charge in [0.1, 0.15) is 6.61 Å².